The highest BCUT2D eigenvalue weighted by atomic mass is 79.9. The minimum atomic E-state index is -2.86. The van der Waals surface area contributed by atoms with Gasteiger partial charge < -0.3 is 10.5 Å². The molecule has 0 saturated heterocycles. The van der Waals surface area contributed by atoms with Gasteiger partial charge in [0.15, 0.2) is 5.75 Å². The molecule has 2 N–H and O–H groups in total. The van der Waals surface area contributed by atoms with E-state index in [9.17, 15) is 13.6 Å². The third kappa shape index (κ3) is 2.23. The number of methoxy groups -OCH3 is 1. The first-order valence-corrected chi connectivity index (χ1v) is 4.58. The summed E-state index contributed by atoms with van der Waals surface area (Å²) in [5.41, 5.74) is 4.05. The fraction of sp³-hybridized carbons (Fsp3) is 0.250. The summed E-state index contributed by atoms with van der Waals surface area (Å²) in [6.45, 7) is 0. The standard InChI is InChI=1S/C8H7BrF2N2O2/c1-15-5-4(7(10)11)3(8(12)14)2-13-6(5)9/h2,7H,1H3,(H2,12,14). The van der Waals surface area contributed by atoms with Gasteiger partial charge in [-0.15, -0.1) is 0 Å². The van der Waals surface area contributed by atoms with Gasteiger partial charge in [-0.2, -0.15) is 0 Å². The van der Waals surface area contributed by atoms with Crippen molar-refractivity contribution in [1.82, 2.24) is 4.98 Å². The molecule has 0 aliphatic rings. The number of aromatic nitrogens is 1. The summed E-state index contributed by atoms with van der Waals surface area (Å²) >= 11 is 2.94. The number of primary amides is 1. The van der Waals surface area contributed by atoms with E-state index in [4.69, 9.17) is 10.5 Å². The highest BCUT2D eigenvalue weighted by molar-refractivity contribution is 9.10. The Kier molecular flexibility index (Phi) is 3.57. The van der Waals surface area contributed by atoms with Crippen molar-refractivity contribution >= 4 is 21.8 Å². The Labute approximate surface area is 92.6 Å². The van der Waals surface area contributed by atoms with Crippen molar-refractivity contribution < 1.29 is 18.3 Å². The van der Waals surface area contributed by atoms with Crippen molar-refractivity contribution in [2.24, 2.45) is 5.73 Å². The third-order valence-corrected chi connectivity index (χ3v) is 2.28. The second kappa shape index (κ2) is 4.52. The number of carbonyl (C=O) groups is 1. The third-order valence-electron chi connectivity index (χ3n) is 1.72. The first-order chi connectivity index (χ1) is 6.99. The average Bonchev–Trinajstić information content (AvgIpc) is 2.16. The predicted octanol–water partition coefficient (Wildman–Crippen LogP) is 1.89. The molecule has 1 aromatic rings. The zero-order valence-corrected chi connectivity index (χ0v) is 9.22. The van der Waals surface area contributed by atoms with Crippen molar-refractivity contribution in [3.05, 3.63) is 21.9 Å². The molecule has 1 aromatic heterocycles. The van der Waals surface area contributed by atoms with Crippen LogP contribution in [-0.2, 0) is 0 Å². The van der Waals surface area contributed by atoms with Crippen LogP contribution in [0.2, 0.25) is 0 Å². The lowest BCUT2D eigenvalue weighted by atomic mass is 10.1. The Morgan fingerprint density at radius 1 is 1.67 bits per heavy atom. The fourth-order valence-corrected chi connectivity index (χ4v) is 1.57. The Morgan fingerprint density at radius 3 is 2.67 bits per heavy atom. The molecule has 0 atom stereocenters. The summed E-state index contributed by atoms with van der Waals surface area (Å²) in [6.07, 6.45) is -1.88. The van der Waals surface area contributed by atoms with Gasteiger partial charge in [0.05, 0.1) is 18.2 Å². The first kappa shape index (κ1) is 11.8. The number of halogens is 3. The molecule has 0 unspecified atom stereocenters. The van der Waals surface area contributed by atoms with Crippen molar-refractivity contribution in [1.29, 1.82) is 0 Å². The summed E-state index contributed by atoms with van der Waals surface area (Å²) in [6, 6.07) is 0. The molecule has 0 bridgehead atoms. The predicted molar refractivity (Wildman–Crippen MR) is 52.0 cm³/mol. The fourth-order valence-electron chi connectivity index (χ4n) is 1.09. The Morgan fingerprint density at radius 2 is 2.27 bits per heavy atom. The smallest absolute Gasteiger partial charge is 0.268 e. The van der Waals surface area contributed by atoms with Gasteiger partial charge in [0.25, 0.3) is 12.3 Å². The number of hydrogen-bond donors (Lipinski definition) is 1. The van der Waals surface area contributed by atoms with Crippen LogP contribution in [0, 0.1) is 0 Å². The van der Waals surface area contributed by atoms with E-state index in [2.05, 4.69) is 20.9 Å². The number of nitrogens with two attached hydrogens (primary N) is 1. The number of ether oxygens (including phenoxy) is 1. The first-order valence-electron chi connectivity index (χ1n) is 3.79. The maximum Gasteiger partial charge on any atom is 0.268 e. The molecule has 82 valence electrons. The molecule has 0 saturated carbocycles. The van der Waals surface area contributed by atoms with Crippen molar-refractivity contribution in [3.8, 4) is 5.75 Å². The van der Waals surface area contributed by atoms with E-state index in [1.165, 1.54) is 7.11 Å². The van der Waals surface area contributed by atoms with E-state index in [1.54, 1.807) is 0 Å². The number of rotatable bonds is 3. The highest BCUT2D eigenvalue weighted by Crippen LogP contribution is 2.36. The molecule has 4 nitrogen and oxygen atoms in total. The number of carbonyl (C=O) groups excluding carboxylic acids is 1. The summed E-state index contributed by atoms with van der Waals surface area (Å²) < 4.78 is 30.2. The van der Waals surface area contributed by atoms with Crippen LogP contribution in [0.1, 0.15) is 22.3 Å². The van der Waals surface area contributed by atoms with E-state index in [0.29, 0.717) is 0 Å². The Balaban J connectivity index is 3.49. The molecule has 1 amide bonds. The molecule has 7 heteroatoms. The topological polar surface area (TPSA) is 65.2 Å². The summed E-state index contributed by atoms with van der Waals surface area (Å²) in [5, 5.41) is 0. The van der Waals surface area contributed by atoms with Crippen LogP contribution in [0.25, 0.3) is 0 Å². The quantitative estimate of drug-likeness (QED) is 0.860. The SMILES string of the molecule is COc1c(Br)ncc(C(N)=O)c1C(F)F. The van der Waals surface area contributed by atoms with Crippen molar-refractivity contribution in [3.63, 3.8) is 0 Å². The number of hydrogen-bond acceptors (Lipinski definition) is 3. The van der Waals surface area contributed by atoms with Gasteiger partial charge in [-0.05, 0) is 15.9 Å². The van der Waals surface area contributed by atoms with Gasteiger partial charge in [-0.25, -0.2) is 13.8 Å². The maximum atomic E-state index is 12.7. The van der Waals surface area contributed by atoms with Crippen LogP contribution in [0.15, 0.2) is 10.8 Å². The number of pyridine rings is 1. The second-order valence-corrected chi connectivity index (χ2v) is 3.33. The molecule has 0 fully saturated rings. The molecular formula is C8H7BrF2N2O2. The molecule has 0 aromatic carbocycles. The number of alkyl halides is 2. The van der Waals surface area contributed by atoms with Gasteiger partial charge in [0, 0.05) is 6.20 Å². The lowest BCUT2D eigenvalue weighted by Gasteiger charge is -2.11. The van der Waals surface area contributed by atoms with Crippen molar-refractivity contribution in [2.75, 3.05) is 7.11 Å². The molecule has 1 heterocycles. The van der Waals surface area contributed by atoms with Crippen LogP contribution in [-0.4, -0.2) is 18.0 Å². The minimum Gasteiger partial charge on any atom is -0.493 e. The van der Waals surface area contributed by atoms with E-state index < -0.39 is 17.9 Å². The van der Waals surface area contributed by atoms with Gasteiger partial charge in [-0.3, -0.25) is 4.79 Å². The highest BCUT2D eigenvalue weighted by Gasteiger charge is 2.24. The van der Waals surface area contributed by atoms with Crippen LogP contribution < -0.4 is 10.5 Å². The lowest BCUT2D eigenvalue weighted by molar-refractivity contribution is 0.0983. The summed E-state index contributed by atoms with van der Waals surface area (Å²) in [7, 11) is 1.21. The second-order valence-electron chi connectivity index (χ2n) is 2.57. The van der Waals surface area contributed by atoms with Crippen LogP contribution in [0.5, 0.6) is 5.75 Å². The Bertz CT molecular complexity index is 398. The maximum absolute atomic E-state index is 12.7. The van der Waals surface area contributed by atoms with E-state index in [-0.39, 0.29) is 15.9 Å². The van der Waals surface area contributed by atoms with Crippen LogP contribution >= 0.6 is 15.9 Å². The zero-order valence-electron chi connectivity index (χ0n) is 7.63. The lowest BCUT2D eigenvalue weighted by Crippen LogP contribution is -2.15. The van der Waals surface area contributed by atoms with E-state index in [0.717, 1.165) is 6.20 Å². The van der Waals surface area contributed by atoms with E-state index >= 15 is 0 Å². The monoisotopic (exact) mass is 280 g/mol. The number of amides is 1. The van der Waals surface area contributed by atoms with E-state index in [1.807, 2.05) is 0 Å². The van der Waals surface area contributed by atoms with Gasteiger partial charge in [0.1, 0.15) is 4.60 Å². The van der Waals surface area contributed by atoms with Crippen LogP contribution in [0.3, 0.4) is 0 Å². The Hall–Kier alpha value is -1.24. The van der Waals surface area contributed by atoms with Crippen LogP contribution in [0.4, 0.5) is 8.78 Å². The van der Waals surface area contributed by atoms with Crippen molar-refractivity contribution in [2.45, 2.75) is 6.43 Å². The zero-order chi connectivity index (χ0) is 11.6. The molecule has 0 spiro atoms. The molecular weight excluding hydrogens is 274 g/mol. The minimum absolute atomic E-state index is 0.102. The molecule has 1 rings (SSSR count). The molecule has 0 aliphatic heterocycles. The van der Waals surface area contributed by atoms with Gasteiger partial charge in [0.2, 0.25) is 0 Å². The molecule has 15 heavy (non-hydrogen) atoms. The summed E-state index contributed by atoms with van der Waals surface area (Å²) in [5.74, 6) is -1.15. The normalized spacial score (nSPS) is 10.5. The largest absolute Gasteiger partial charge is 0.493 e. The molecule has 0 radical (unpaired) electrons. The average molecular weight is 281 g/mol. The van der Waals surface area contributed by atoms with Gasteiger partial charge >= 0.3 is 0 Å². The summed E-state index contributed by atoms with van der Waals surface area (Å²) in [4.78, 5) is 14.6. The van der Waals surface area contributed by atoms with Gasteiger partial charge in [-0.1, -0.05) is 0 Å². The number of nitrogens with zero attached hydrogens (tertiary/aromatic N) is 1. The molecule has 0 aliphatic carbocycles.